The zero-order valence-corrected chi connectivity index (χ0v) is 22.6. The number of benzene rings is 2. The number of nitrogens with one attached hydrogen (secondary N) is 2. The van der Waals surface area contributed by atoms with Crippen molar-refractivity contribution in [2.45, 2.75) is 46.2 Å². The van der Waals surface area contributed by atoms with Crippen LogP contribution >= 0.6 is 12.2 Å². The number of anilines is 1. The van der Waals surface area contributed by atoms with Gasteiger partial charge in [-0.25, -0.2) is 0 Å². The molecule has 0 radical (unpaired) electrons. The van der Waals surface area contributed by atoms with E-state index >= 15 is 0 Å². The van der Waals surface area contributed by atoms with Crippen LogP contribution in [0.5, 0.6) is 11.5 Å². The van der Waals surface area contributed by atoms with Crippen molar-refractivity contribution in [2.24, 2.45) is 0 Å². The Morgan fingerprint density at radius 1 is 1.19 bits per heavy atom. The van der Waals surface area contributed by atoms with Crippen molar-refractivity contribution < 1.29 is 9.47 Å². The average molecular weight is 509 g/mol. The summed E-state index contributed by atoms with van der Waals surface area (Å²) in [5.74, 6) is 1.35. The molecular formula is C28H36N4O3S. The van der Waals surface area contributed by atoms with Crippen molar-refractivity contribution in [1.82, 2.24) is 14.8 Å². The highest BCUT2D eigenvalue weighted by molar-refractivity contribution is 7.80. The van der Waals surface area contributed by atoms with E-state index in [0.29, 0.717) is 34.8 Å². The number of fused-ring (bicyclic) bond motifs is 1. The maximum Gasteiger partial charge on any atom is 0.253 e. The molecule has 1 atom stereocenters. The Bertz CT molecular complexity index is 1310. The molecule has 0 saturated carbocycles. The molecule has 0 unspecified atom stereocenters. The smallest absolute Gasteiger partial charge is 0.253 e. The molecule has 0 bridgehead atoms. The lowest BCUT2D eigenvalue weighted by Crippen LogP contribution is -2.44. The Kier molecular flexibility index (Phi) is 8.16. The van der Waals surface area contributed by atoms with Crippen LogP contribution in [-0.2, 0) is 6.54 Å². The highest BCUT2D eigenvalue weighted by atomic mass is 32.1. The lowest BCUT2D eigenvalue weighted by Gasteiger charge is -2.32. The van der Waals surface area contributed by atoms with Crippen LogP contribution in [0.15, 0.2) is 41.2 Å². The second-order valence-electron chi connectivity index (χ2n) is 9.40. The topological polar surface area (TPSA) is 69.8 Å². The van der Waals surface area contributed by atoms with E-state index in [1.165, 1.54) is 6.42 Å². The SMILES string of the molecule is CCN1CCC[C@H]1CN(Cc1cc2ccc(C)c(C)c2[nH]c1=O)C(=S)Nc1ccc(OC)cc1OC. The molecule has 2 aromatic carbocycles. The summed E-state index contributed by atoms with van der Waals surface area (Å²) >= 11 is 5.91. The molecule has 192 valence electrons. The number of aromatic amines is 1. The summed E-state index contributed by atoms with van der Waals surface area (Å²) in [6, 6.07) is 12.1. The summed E-state index contributed by atoms with van der Waals surface area (Å²) in [5.41, 5.74) is 4.52. The summed E-state index contributed by atoms with van der Waals surface area (Å²) in [6.45, 7) is 9.54. The Morgan fingerprint density at radius 2 is 2.00 bits per heavy atom. The van der Waals surface area contributed by atoms with Crippen molar-refractivity contribution in [2.75, 3.05) is 39.2 Å². The van der Waals surface area contributed by atoms with Crippen LogP contribution in [0.25, 0.3) is 10.9 Å². The number of thiocarbonyl (C=S) groups is 1. The molecule has 1 fully saturated rings. The number of nitrogens with zero attached hydrogens (tertiary/aromatic N) is 2. The van der Waals surface area contributed by atoms with Crippen LogP contribution in [-0.4, -0.2) is 59.8 Å². The minimum atomic E-state index is -0.0789. The summed E-state index contributed by atoms with van der Waals surface area (Å²) in [5, 5.41) is 4.94. The van der Waals surface area contributed by atoms with Crippen LogP contribution in [0.2, 0.25) is 0 Å². The number of methoxy groups -OCH3 is 2. The number of pyridine rings is 1. The number of aryl methyl sites for hydroxylation is 2. The highest BCUT2D eigenvalue weighted by Crippen LogP contribution is 2.30. The summed E-state index contributed by atoms with van der Waals surface area (Å²) < 4.78 is 10.9. The molecule has 1 saturated heterocycles. The fourth-order valence-electron chi connectivity index (χ4n) is 4.98. The number of H-pyrrole nitrogens is 1. The first-order chi connectivity index (χ1) is 17.3. The predicted octanol–water partition coefficient (Wildman–Crippen LogP) is 4.85. The Hall–Kier alpha value is -3.10. The molecule has 0 spiro atoms. The van der Waals surface area contributed by atoms with E-state index in [-0.39, 0.29) is 5.56 Å². The van der Waals surface area contributed by atoms with Gasteiger partial charge < -0.3 is 24.7 Å². The molecule has 4 rings (SSSR count). The zero-order chi connectivity index (χ0) is 25.8. The third kappa shape index (κ3) is 5.50. The van der Waals surface area contributed by atoms with Crippen LogP contribution in [0, 0.1) is 13.8 Å². The predicted molar refractivity (Wildman–Crippen MR) is 150 cm³/mol. The quantitative estimate of drug-likeness (QED) is 0.422. The Balaban J connectivity index is 1.65. The van der Waals surface area contributed by atoms with E-state index in [1.807, 2.05) is 31.2 Å². The van der Waals surface area contributed by atoms with E-state index < -0.39 is 0 Å². The van der Waals surface area contributed by atoms with Gasteiger partial charge in [0.15, 0.2) is 5.11 Å². The Labute approximate surface area is 218 Å². The van der Waals surface area contributed by atoms with Crippen molar-refractivity contribution >= 4 is 33.9 Å². The van der Waals surface area contributed by atoms with Crippen LogP contribution in [0.4, 0.5) is 5.69 Å². The van der Waals surface area contributed by atoms with Crippen LogP contribution < -0.4 is 20.3 Å². The molecule has 0 amide bonds. The number of likely N-dealkylation sites (N-methyl/N-ethyl adjacent to an activating group) is 1. The maximum absolute atomic E-state index is 13.2. The number of likely N-dealkylation sites (tertiary alicyclic amines) is 1. The molecule has 1 aliphatic heterocycles. The van der Waals surface area contributed by atoms with Gasteiger partial charge in [-0.3, -0.25) is 9.69 Å². The standard InChI is InChI=1S/C28H36N4O3S/c1-6-31-13-7-8-22(31)17-32(28(36)29-24-12-11-23(34-4)15-25(24)35-5)16-21-14-20-10-9-18(2)19(3)26(20)30-27(21)33/h9-12,14-15,22H,6-8,13,16-17H2,1-5H3,(H,29,36)(H,30,33)/t22-/m0/s1. The molecule has 8 heteroatoms. The first-order valence-electron chi connectivity index (χ1n) is 12.5. The van der Waals surface area contributed by atoms with Crippen molar-refractivity contribution in [3.63, 3.8) is 0 Å². The summed E-state index contributed by atoms with van der Waals surface area (Å²) in [6.07, 6.45) is 2.29. The minimum absolute atomic E-state index is 0.0789. The third-order valence-corrected chi connectivity index (χ3v) is 7.62. The van der Waals surface area contributed by atoms with Gasteiger partial charge in [0, 0.05) is 24.2 Å². The van der Waals surface area contributed by atoms with Crippen molar-refractivity contribution in [1.29, 1.82) is 0 Å². The molecular weight excluding hydrogens is 472 g/mol. The van der Waals surface area contributed by atoms with Gasteiger partial charge in [-0.15, -0.1) is 0 Å². The minimum Gasteiger partial charge on any atom is -0.497 e. The van der Waals surface area contributed by atoms with Crippen molar-refractivity contribution in [3.8, 4) is 11.5 Å². The fourth-order valence-corrected chi connectivity index (χ4v) is 5.23. The largest absolute Gasteiger partial charge is 0.497 e. The maximum atomic E-state index is 13.2. The van der Waals surface area contributed by atoms with Gasteiger partial charge in [-0.1, -0.05) is 19.1 Å². The number of hydrogen-bond acceptors (Lipinski definition) is 5. The molecule has 36 heavy (non-hydrogen) atoms. The molecule has 3 aromatic rings. The van der Waals surface area contributed by atoms with Gasteiger partial charge in [-0.05, 0) is 86.7 Å². The number of rotatable bonds is 8. The van der Waals surface area contributed by atoms with Gasteiger partial charge in [0.25, 0.3) is 5.56 Å². The van der Waals surface area contributed by atoms with Gasteiger partial charge in [0.1, 0.15) is 11.5 Å². The number of aromatic nitrogens is 1. The second-order valence-corrected chi connectivity index (χ2v) is 9.78. The monoisotopic (exact) mass is 508 g/mol. The van der Waals surface area contributed by atoms with Crippen molar-refractivity contribution in [3.05, 3.63) is 63.4 Å². The fraction of sp³-hybridized carbons (Fsp3) is 0.429. The summed E-state index contributed by atoms with van der Waals surface area (Å²) in [7, 11) is 3.25. The molecule has 1 aromatic heterocycles. The zero-order valence-electron chi connectivity index (χ0n) is 21.8. The molecule has 0 aliphatic carbocycles. The molecule has 1 aliphatic rings. The highest BCUT2D eigenvalue weighted by Gasteiger charge is 2.27. The number of hydrogen-bond donors (Lipinski definition) is 2. The lowest BCUT2D eigenvalue weighted by molar-refractivity contribution is 0.221. The van der Waals surface area contributed by atoms with E-state index in [0.717, 1.165) is 53.8 Å². The van der Waals surface area contributed by atoms with Crippen LogP contribution in [0.1, 0.15) is 36.5 Å². The molecule has 2 N–H and O–H groups in total. The van der Waals surface area contributed by atoms with E-state index in [1.54, 1.807) is 14.2 Å². The van der Waals surface area contributed by atoms with E-state index in [4.69, 9.17) is 21.7 Å². The average Bonchev–Trinajstić information content (AvgIpc) is 3.34. The van der Waals surface area contributed by atoms with E-state index in [2.05, 4.69) is 46.1 Å². The third-order valence-electron chi connectivity index (χ3n) is 7.26. The van der Waals surface area contributed by atoms with Gasteiger partial charge in [0.2, 0.25) is 0 Å². The van der Waals surface area contributed by atoms with Gasteiger partial charge in [0.05, 0.1) is 32.0 Å². The van der Waals surface area contributed by atoms with E-state index in [9.17, 15) is 4.79 Å². The second kappa shape index (κ2) is 11.3. The lowest BCUT2D eigenvalue weighted by atomic mass is 10.0. The number of ether oxygens (including phenoxy) is 2. The Morgan fingerprint density at radius 3 is 2.72 bits per heavy atom. The van der Waals surface area contributed by atoms with Crippen LogP contribution in [0.3, 0.4) is 0 Å². The first-order valence-corrected chi connectivity index (χ1v) is 12.9. The molecule has 2 heterocycles. The van der Waals surface area contributed by atoms with Gasteiger partial charge >= 0.3 is 0 Å². The van der Waals surface area contributed by atoms with Gasteiger partial charge in [-0.2, -0.15) is 0 Å². The molecule has 7 nitrogen and oxygen atoms in total. The normalized spacial score (nSPS) is 15.8. The summed E-state index contributed by atoms with van der Waals surface area (Å²) in [4.78, 5) is 20.9. The first kappa shape index (κ1) is 26.0.